The van der Waals surface area contributed by atoms with Gasteiger partial charge in [0.25, 0.3) is 0 Å². The van der Waals surface area contributed by atoms with Gasteiger partial charge in [-0.1, -0.05) is 84.9 Å². The summed E-state index contributed by atoms with van der Waals surface area (Å²) in [4.78, 5) is 0.647. The smallest absolute Gasteiger partial charge is 0.169 e. The van der Waals surface area contributed by atoms with Crippen LogP contribution in [0, 0.1) is 0 Å². The van der Waals surface area contributed by atoms with Crippen molar-refractivity contribution in [1.29, 1.82) is 0 Å². The van der Waals surface area contributed by atoms with Crippen LogP contribution in [0.15, 0.2) is 89.8 Å². The molecule has 0 N–H and O–H groups in total. The van der Waals surface area contributed by atoms with Gasteiger partial charge in [0.15, 0.2) is 7.14 Å². The van der Waals surface area contributed by atoms with E-state index in [-0.39, 0.29) is 0 Å². The van der Waals surface area contributed by atoms with E-state index in [1.807, 2.05) is 84.9 Å². The van der Waals surface area contributed by atoms with Gasteiger partial charge in [-0.3, -0.25) is 0 Å². The Kier molecular flexibility index (Phi) is 3.92. The molecule has 0 saturated carbocycles. The molecule has 0 aromatic heterocycles. The summed E-state index contributed by atoms with van der Waals surface area (Å²) in [5.41, 5.74) is 0. The van der Waals surface area contributed by atoms with Crippen molar-refractivity contribution in [2.45, 2.75) is 4.90 Å². The molecule has 0 amide bonds. The Balaban J connectivity index is 2.32. The van der Waals surface area contributed by atoms with Crippen molar-refractivity contribution < 1.29 is 4.57 Å². The third-order valence-corrected chi connectivity index (χ3v) is 7.07. The zero-order valence-electron chi connectivity index (χ0n) is 11.3. The van der Waals surface area contributed by atoms with Crippen LogP contribution in [0.25, 0.3) is 0 Å². The van der Waals surface area contributed by atoms with E-state index in [4.69, 9.17) is 12.6 Å². The molecule has 0 atom stereocenters. The van der Waals surface area contributed by atoms with Crippen LogP contribution in [0.4, 0.5) is 0 Å². The third kappa shape index (κ3) is 2.53. The molecule has 3 rings (SSSR count). The zero-order valence-corrected chi connectivity index (χ0v) is 13.1. The van der Waals surface area contributed by atoms with Gasteiger partial charge in [-0.05, 0) is 0 Å². The molecule has 0 heterocycles. The fourth-order valence-electron chi connectivity index (χ4n) is 2.42. The summed E-state index contributed by atoms with van der Waals surface area (Å²) in [5, 5.41) is 2.36. The average molecular weight is 309 g/mol. The number of hydrogen-bond acceptors (Lipinski definition) is 2. The van der Waals surface area contributed by atoms with E-state index in [1.54, 1.807) is 0 Å². The molecule has 0 radical (unpaired) electrons. The number of benzene rings is 3. The highest BCUT2D eigenvalue weighted by molar-refractivity contribution is 7.85. The van der Waals surface area contributed by atoms with Gasteiger partial charge in [-0.15, -0.1) is 0 Å². The van der Waals surface area contributed by atoms with Crippen LogP contribution in [0.1, 0.15) is 0 Å². The molecule has 0 unspecified atom stereocenters. The minimum absolute atomic E-state index is 0.647. The van der Waals surface area contributed by atoms with Gasteiger partial charge in [-0.2, -0.15) is 4.90 Å². The number of hydrogen-bond donors (Lipinski definition) is 0. The summed E-state index contributed by atoms with van der Waals surface area (Å²) < 4.78 is 14.0. The maximum Gasteiger partial charge on any atom is 0.169 e. The normalized spacial score (nSPS) is 11.2. The van der Waals surface area contributed by atoms with Crippen LogP contribution >= 0.6 is 7.14 Å². The Morgan fingerprint density at radius 1 is 0.619 bits per heavy atom. The summed E-state index contributed by atoms with van der Waals surface area (Å²) in [5.74, 6) is 0. The molecular formula is C18H14OPS-. The minimum atomic E-state index is -2.92. The van der Waals surface area contributed by atoms with Crippen molar-refractivity contribution >= 4 is 35.7 Å². The van der Waals surface area contributed by atoms with Crippen molar-refractivity contribution in [3.63, 3.8) is 0 Å². The van der Waals surface area contributed by atoms with Gasteiger partial charge >= 0.3 is 0 Å². The first kappa shape index (κ1) is 14.1. The molecule has 0 fully saturated rings. The highest BCUT2D eigenvalue weighted by Crippen LogP contribution is 2.43. The monoisotopic (exact) mass is 309 g/mol. The molecule has 0 spiro atoms. The van der Waals surface area contributed by atoms with Crippen molar-refractivity contribution in [3.05, 3.63) is 84.9 Å². The molecule has 104 valence electrons. The second-order valence-corrected chi connectivity index (χ2v) is 7.92. The SMILES string of the molecule is O=P(c1ccccc1)(c1ccccc1)c1ccccc1[S-]. The first-order valence-corrected chi connectivity index (χ1v) is 8.82. The molecule has 3 heteroatoms. The van der Waals surface area contributed by atoms with Gasteiger partial charge < -0.3 is 17.2 Å². The molecule has 0 aliphatic carbocycles. The average Bonchev–Trinajstić information content (AvgIpc) is 2.56. The first-order valence-electron chi connectivity index (χ1n) is 6.71. The van der Waals surface area contributed by atoms with E-state index >= 15 is 0 Å². The highest BCUT2D eigenvalue weighted by atomic mass is 32.1. The standard InChI is InChI=1S/C18H15OPS/c19-20(15-9-3-1-4-10-15,16-11-5-2-6-12-16)17-13-7-8-14-18(17)21/h1-14,21H/p-1. The van der Waals surface area contributed by atoms with Gasteiger partial charge in [0, 0.05) is 15.9 Å². The minimum Gasteiger partial charge on any atom is -0.779 e. The predicted octanol–water partition coefficient (Wildman–Crippen LogP) is 3.23. The summed E-state index contributed by atoms with van der Waals surface area (Å²) in [6.45, 7) is 0. The summed E-state index contributed by atoms with van der Waals surface area (Å²) in [7, 11) is -2.92. The van der Waals surface area contributed by atoms with Gasteiger partial charge in [-0.25, -0.2) is 0 Å². The maximum absolute atomic E-state index is 14.0. The zero-order chi connectivity index (χ0) is 14.7. The summed E-state index contributed by atoms with van der Waals surface area (Å²) >= 11 is 5.43. The van der Waals surface area contributed by atoms with Gasteiger partial charge in [0.05, 0.1) is 0 Å². The quantitative estimate of drug-likeness (QED) is 0.546. The van der Waals surface area contributed by atoms with Crippen LogP contribution in [-0.2, 0) is 17.2 Å². The van der Waals surface area contributed by atoms with E-state index < -0.39 is 7.14 Å². The fourth-order valence-corrected chi connectivity index (χ4v) is 5.67. The molecule has 3 aromatic carbocycles. The van der Waals surface area contributed by atoms with Crippen LogP contribution < -0.4 is 15.9 Å². The molecule has 0 aliphatic heterocycles. The molecule has 0 aliphatic rings. The Hall–Kier alpha value is -1.89. The molecule has 0 bridgehead atoms. The second-order valence-electron chi connectivity index (χ2n) is 4.75. The van der Waals surface area contributed by atoms with E-state index in [2.05, 4.69) is 0 Å². The van der Waals surface area contributed by atoms with Gasteiger partial charge in [0.2, 0.25) is 0 Å². The Morgan fingerprint density at radius 3 is 1.52 bits per heavy atom. The molecule has 21 heavy (non-hydrogen) atoms. The lowest BCUT2D eigenvalue weighted by atomic mass is 10.3. The van der Waals surface area contributed by atoms with Gasteiger partial charge in [0.1, 0.15) is 0 Å². The largest absolute Gasteiger partial charge is 0.779 e. The Labute approximate surface area is 130 Å². The topological polar surface area (TPSA) is 17.1 Å². The van der Waals surface area contributed by atoms with Crippen LogP contribution in [0.2, 0.25) is 0 Å². The summed E-state index contributed by atoms with van der Waals surface area (Å²) in [6, 6.07) is 26.6. The van der Waals surface area contributed by atoms with Crippen molar-refractivity contribution in [2.75, 3.05) is 0 Å². The Bertz CT molecular complexity index is 741. The second kappa shape index (κ2) is 5.85. The fraction of sp³-hybridized carbons (Fsp3) is 0. The van der Waals surface area contributed by atoms with Crippen LogP contribution in [0.3, 0.4) is 0 Å². The highest BCUT2D eigenvalue weighted by Gasteiger charge is 2.29. The lowest BCUT2D eigenvalue weighted by Gasteiger charge is -2.25. The third-order valence-electron chi connectivity index (χ3n) is 3.44. The lowest BCUT2D eigenvalue weighted by molar-refractivity contribution is 0.592. The lowest BCUT2D eigenvalue weighted by Crippen LogP contribution is -2.26. The molecule has 0 saturated heterocycles. The van der Waals surface area contributed by atoms with Crippen molar-refractivity contribution in [2.24, 2.45) is 0 Å². The predicted molar refractivity (Wildman–Crippen MR) is 91.5 cm³/mol. The van der Waals surface area contributed by atoms with E-state index in [9.17, 15) is 4.57 Å². The van der Waals surface area contributed by atoms with Crippen LogP contribution in [0.5, 0.6) is 0 Å². The van der Waals surface area contributed by atoms with E-state index in [0.29, 0.717) is 4.90 Å². The first-order chi connectivity index (χ1) is 10.2. The van der Waals surface area contributed by atoms with Crippen LogP contribution in [-0.4, -0.2) is 0 Å². The Morgan fingerprint density at radius 2 is 1.05 bits per heavy atom. The van der Waals surface area contributed by atoms with Crippen molar-refractivity contribution in [3.8, 4) is 0 Å². The van der Waals surface area contributed by atoms with Crippen molar-refractivity contribution in [1.82, 2.24) is 0 Å². The van der Waals surface area contributed by atoms with E-state index in [0.717, 1.165) is 15.9 Å². The molecule has 3 aromatic rings. The number of rotatable bonds is 3. The summed E-state index contributed by atoms with van der Waals surface area (Å²) in [6.07, 6.45) is 0. The van der Waals surface area contributed by atoms with E-state index in [1.165, 1.54) is 0 Å². The molecule has 1 nitrogen and oxygen atoms in total. The maximum atomic E-state index is 14.0. The molecular weight excluding hydrogens is 295 g/mol.